The minimum Gasteiger partial charge on any atom is -0.465 e. The van der Waals surface area contributed by atoms with Crippen molar-refractivity contribution >= 4 is 17.5 Å². The van der Waals surface area contributed by atoms with Gasteiger partial charge in [0.15, 0.2) is 0 Å². The summed E-state index contributed by atoms with van der Waals surface area (Å²) in [5.74, 6) is 0. The lowest BCUT2D eigenvalue weighted by molar-refractivity contribution is 0.202. The van der Waals surface area contributed by atoms with Gasteiger partial charge in [0.2, 0.25) is 0 Å². The highest BCUT2D eigenvalue weighted by Crippen LogP contribution is 2.29. The van der Waals surface area contributed by atoms with E-state index in [0.717, 1.165) is 16.8 Å². The normalized spacial score (nSPS) is 14.9. The molecular weight excluding hydrogens is 220 g/mol. The van der Waals surface area contributed by atoms with Crippen LogP contribution in [0.3, 0.4) is 0 Å². The Morgan fingerprint density at radius 1 is 1.53 bits per heavy atom. The average Bonchev–Trinajstić information content (AvgIpc) is 2.73. The predicted molar refractivity (Wildman–Crippen MR) is 64.1 cm³/mol. The lowest BCUT2D eigenvalue weighted by Gasteiger charge is -2.12. The van der Waals surface area contributed by atoms with Crippen molar-refractivity contribution in [3.8, 4) is 0 Å². The smallest absolute Gasteiger partial charge is 0.411 e. The van der Waals surface area contributed by atoms with Crippen LogP contribution in [0.25, 0.3) is 0 Å². The van der Waals surface area contributed by atoms with Crippen molar-refractivity contribution in [3.05, 3.63) is 29.3 Å². The van der Waals surface area contributed by atoms with Gasteiger partial charge in [0.25, 0.3) is 0 Å². The number of oxime groups is 1. The first-order chi connectivity index (χ1) is 8.17. The number of anilines is 1. The third kappa shape index (κ3) is 1.95. The zero-order valence-electron chi connectivity index (χ0n) is 9.55. The first kappa shape index (κ1) is 11.4. The van der Waals surface area contributed by atoms with Gasteiger partial charge in [-0.3, -0.25) is 4.90 Å². The van der Waals surface area contributed by atoms with Crippen LogP contribution in [-0.4, -0.2) is 28.7 Å². The first-order valence-electron chi connectivity index (χ1n) is 5.52. The third-order valence-electron chi connectivity index (χ3n) is 2.99. The molecule has 2 rings (SSSR count). The van der Waals surface area contributed by atoms with E-state index in [-0.39, 0.29) is 0 Å². The molecule has 0 saturated carbocycles. The molecule has 0 saturated heterocycles. The van der Waals surface area contributed by atoms with Gasteiger partial charge in [0, 0.05) is 6.54 Å². The molecule has 0 spiro atoms. The molecule has 5 heteroatoms. The second-order valence-corrected chi connectivity index (χ2v) is 3.93. The number of hydrogen-bond donors (Lipinski definition) is 2. The lowest BCUT2D eigenvalue weighted by atomic mass is 10.0. The van der Waals surface area contributed by atoms with Crippen LogP contribution in [0.15, 0.2) is 23.4 Å². The summed E-state index contributed by atoms with van der Waals surface area (Å²) in [6.45, 7) is 2.40. The Morgan fingerprint density at radius 3 is 2.88 bits per heavy atom. The topological polar surface area (TPSA) is 73.1 Å². The van der Waals surface area contributed by atoms with Gasteiger partial charge < -0.3 is 10.3 Å². The van der Waals surface area contributed by atoms with Crippen LogP contribution in [0.2, 0.25) is 0 Å². The second-order valence-electron chi connectivity index (χ2n) is 3.93. The summed E-state index contributed by atoms with van der Waals surface area (Å²) in [7, 11) is 0. The number of hydrogen-bond acceptors (Lipinski definition) is 3. The highest BCUT2D eigenvalue weighted by molar-refractivity contribution is 6.01. The Morgan fingerprint density at radius 2 is 2.29 bits per heavy atom. The fourth-order valence-electron chi connectivity index (χ4n) is 2.11. The largest absolute Gasteiger partial charge is 0.465 e. The summed E-state index contributed by atoms with van der Waals surface area (Å²) < 4.78 is 0. The molecular formula is C12H14N2O3. The molecule has 90 valence electrons. The number of amides is 1. The summed E-state index contributed by atoms with van der Waals surface area (Å²) >= 11 is 0. The van der Waals surface area contributed by atoms with Gasteiger partial charge in [0.05, 0.1) is 11.4 Å². The van der Waals surface area contributed by atoms with E-state index in [2.05, 4.69) is 5.16 Å². The maximum atomic E-state index is 11.0. The molecule has 0 fully saturated rings. The lowest BCUT2D eigenvalue weighted by Crippen LogP contribution is -2.26. The van der Waals surface area contributed by atoms with E-state index in [1.54, 1.807) is 12.1 Å². The van der Waals surface area contributed by atoms with Crippen molar-refractivity contribution in [2.24, 2.45) is 5.16 Å². The van der Waals surface area contributed by atoms with Crippen molar-refractivity contribution in [2.75, 3.05) is 11.4 Å². The van der Waals surface area contributed by atoms with Gasteiger partial charge in [-0.1, -0.05) is 18.1 Å². The molecule has 1 aliphatic heterocycles. The number of carbonyl (C=O) groups is 1. The number of carboxylic acid groups (broad SMARTS) is 1. The van der Waals surface area contributed by atoms with Crippen molar-refractivity contribution in [1.82, 2.24) is 0 Å². The Balaban J connectivity index is 2.38. The summed E-state index contributed by atoms with van der Waals surface area (Å²) in [5.41, 5.74) is 3.18. The number of fused-ring (bicyclic) bond motifs is 1. The van der Waals surface area contributed by atoms with Crippen LogP contribution in [0.1, 0.15) is 24.5 Å². The molecule has 0 atom stereocenters. The van der Waals surface area contributed by atoms with E-state index in [1.165, 1.54) is 4.90 Å². The molecule has 0 unspecified atom stereocenters. The van der Waals surface area contributed by atoms with Crippen LogP contribution < -0.4 is 4.90 Å². The van der Waals surface area contributed by atoms with E-state index < -0.39 is 6.09 Å². The average molecular weight is 234 g/mol. The van der Waals surface area contributed by atoms with Gasteiger partial charge >= 0.3 is 6.09 Å². The summed E-state index contributed by atoms with van der Waals surface area (Å²) in [6.07, 6.45) is 0.415. The molecule has 17 heavy (non-hydrogen) atoms. The van der Waals surface area contributed by atoms with Gasteiger partial charge in [-0.05, 0) is 36.1 Å². The Labute approximate surface area is 99.0 Å². The highest BCUT2D eigenvalue weighted by Gasteiger charge is 2.24. The maximum absolute atomic E-state index is 11.0. The maximum Gasteiger partial charge on any atom is 0.411 e. The number of benzene rings is 1. The van der Waals surface area contributed by atoms with Gasteiger partial charge in [-0.25, -0.2) is 4.79 Å². The number of rotatable bonds is 2. The van der Waals surface area contributed by atoms with Crippen LogP contribution in [0.4, 0.5) is 10.5 Å². The van der Waals surface area contributed by atoms with E-state index in [9.17, 15) is 4.79 Å². The number of nitrogens with zero attached hydrogens (tertiary/aromatic N) is 2. The Bertz CT molecular complexity index is 483. The van der Waals surface area contributed by atoms with Crippen LogP contribution in [0, 0.1) is 0 Å². The fourth-order valence-corrected chi connectivity index (χ4v) is 2.11. The van der Waals surface area contributed by atoms with Crippen LogP contribution in [0.5, 0.6) is 0 Å². The molecule has 0 aromatic heterocycles. The van der Waals surface area contributed by atoms with Crippen LogP contribution in [-0.2, 0) is 6.42 Å². The SMILES string of the molecule is CCC(=NO)c1ccc2c(c1)CCN2C(=O)O. The molecule has 5 nitrogen and oxygen atoms in total. The first-order valence-corrected chi connectivity index (χ1v) is 5.52. The van der Waals surface area contributed by atoms with E-state index in [0.29, 0.717) is 25.1 Å². The van der Waals surface area contributed by atoms with Crippen molar-refractivity contribution in [3.63, 3.8) is 0 Å². The second kappa shape index (κ2) is 4.45. The Kier molecular flexibility index (Phi) is 2.99. The summed E-state index contributed by atoms with van der Waals surface area (Å²) in [4.78, 5) is 12.3. The molecule has 1 heterocycles. The standard InChI is InChI=1S/C12H14N2O3/c1-2-10(13-17)8-3-4-11-9(7-8)5-6-14(11)12(15)16/h3-4,7,17H,2,5-6H2,1H3,(H,15,16). The quantitative estimate of drug-likeness (QED) is 0.468. The molecule has 0 bridgehead atoms. The van der Waals surface area contributed by atoms with E-state index in [4.69, 9.17) is 10.3 Å². The predicted octanol–water partition coefficient (Wildman–Crippen LogP) is 2.32. The molecule has 1 amide bonds. The summed E-state index contributed by atoms with van der Waals surface area (Å²) in [5, 5.41) is 21.1. The van der Waals surface area contributed by atoms with Gasteiger partial charge in [-0.2, -0.15) is 0 Å². The summed E-state index contributed by atoms with van der Waals surface area (Å²) in [6, 6.07) is 5.46. The monoisotopic (exact) mass is 234 g/mol. The van der Waals surface area contributed by atoms with Crippen molar-refractivity contribution in [2.45, 2.75) is 19.8 Å². The van der Waals surface area contributed by atoms with Crippen molar-refractivity contribution in [1.29, 1.82) is 0 Å². The van der Waals surface area contributed by atoms with Gasteiger partial charge in [0.1, 0.15) is 0 Å². The van der Waals surface area contributed by atoms with E-state index in [1.807, 2.05) is 13.0 Å². The molecule has 1 aromatic carbocycles. The van der Waals surface area contributed by atoms with Crippen molar-refractivity contribution < 1.29 is 15.1 Å². The third-order valence-corrected chi connectivity index (χ3v) is 2.99. The van der Waals surface area contributed by atoms with E-state index >= 15 is 0 Å². The Hall–Kier alpha value is -2.04. The van der Waals surface area contributed by atoms with Crippen LogP contribution >= 0.6 is 0 Å². The highest BCUT2D eigenvalue weighted by atomic mass is 16.4. The van der Waals surface area contributed by atoms with Gasteiger partial charge in [-0.15, -0.1) is 0 Å². The molecule has 1 aromatic rings. The minimum absolute atomic E-state index is 0.492. The zero-order valence-corrected chi connectivity index (χ0v) is 9.55. The molecule has 2 N–H and O–H groups in total. The fraction of sp³-hybridized carbons (Fsp3) is 0.333. The molecule has 1 aliphatic rings. The minimum atomic E-state index is -0.928. The zero-order chi connectivity index (χ0) is 12.4. The molecule has 0 radical (unpaired) electrons. The molecule has 0 aliphatic carbocycles.